The number of carbonyl (C=O) groups excluding carboxylic acids is 1. The largest absolute Gasteiger partial charge is 0.383 e. The topological polar surface area (TPSA) is 101 Å². The number of H-pyrrole nitrogens is 1. The fourth-order valence-corrected chi connectivity index (χ4v) is 2.63. The predicted molar refractivity (Wildman–Crippen MR) is 104 cm³/mol. The normalized spacial score (nSPS) is 11.1. The van der Waals surface area contributed by atoms with Crippen molar-refractivity contribution in [2.24, 2.45) is 0 Å². The van der Waals surface area contributed by atoms with Crippen molar-refractivity contribution in [3.8, 4) is 0 Å². The van der Waals surface area contributed by atoms with E-state index < -0.39 is 17.2 Å². The van der Waals surface area contributed by atoms with Crippen LogP contribution in [0.4, 0.5) is 15.9 Å². The van der Waals surface area contributed by atoms with E-state index in [1.54, 1.807) is 6.92 Å². The van der Waals surface area contributed by atoms with Gasteiger partial charge in [0.25, 0.3) is 11.5 Å². The molecule has 1 amide bonds. The highest BCUT2D eigenvalue weighted by molar-refractivity contribution is 6.05. The maximum Gasteiger partial charge on any atom is 0.330 e. The van der Waals surface area contributed by atoms with E-state index in [4.69, 9.17) is 5.73 Å². The smallest absolute Gasteiger partial charge is 0.330 e. The fraction of sp³-hybridized carbons (Fsp3) is 0.316. The molecule has 2 rings (SSSR count). The summed E-state index contributed by atoms with van der Waals surface area (Å²) in [5.41, 5.74) is 5.32. The first-order chi connectivity index (χ1) is 12.9. The number of nitrogens with zero attached hydrogens (tertiary/aromatic N) is 2. The Labute approximate surface area is 155 Å². The van der Waals surface area contributed by atoms with Gasteiger partial charge in [-0.2, -0.15) is 0 Å². The third-order valence-corrected chi connectivity index (χ3v) is 4.09. The molecule has 144 valence electrons. The number of unbranched alkanes of at least 4 members (excludes halogenated alkanes) is 1. The number of nitrogens with one attached hydrogen (secondary N) is 1. The molecule has 0 unspecified atom stereocenters. The number of nitrogens with two attached hydrogens (primary N) is 1. The van der Waals surface area contributed by atoms with E-state index in [9.17, 15) is 18.8 Å². The number of rotatable bonds is 7. The maximum atomic E-state index is 13.0. The van der Waals surface area contributed by atoms with Gasteiger partial charge in [0.1, 0.15) is 11.6 Å². The van der Waals surface area contributed by atoms with Gasteiger partial charge >= 0.3 is 5.69 Å². The first-order valence-electron chi connectivity index (χ1n) is 8.76. The Kier molecular flexibility index (Phi) is 6.70. The number of hydrogen-bond acceptors (Lipinski definition) is 4. The number of aromatic amines is 1. The second kappa shape index (κ2) is 8.98. The van der Waals surface area contributed by atoms with Crippen molar-refractivity contribution in [2.75, 3.05) is 17.2 Å². The Hall–Kier alpha value is -3.16. The molecule has 7 nitrogen and oxygen atoms in total. The van der Waals surface area contributed by atoms with Crippen LogP contribution >= 0.6 is 0 Å². The molecule has 0 saturated heterocycles. The summed E-state index contributed by atoms with van der Waals surface area (Å²) in [5, 5.41) is 0. The van der Waals surface area contributed by atoms with Gasteiger partial charge in [-0.3, -0.25) is 19.1 Å². The molecule has 0 spiro atoms. The molecule has 0 atom stereocenters. The van der Waals surface area contributed by atoms with Crippen LogP contribution in [-0.2, 0) is 11.3 Å². The summed E-state index contributed by atoms with van der Waals surface area (Å²) in [6.45, 7) is 4.20. The van der Waals surface area contributed by atoms with Crippen molar-refractivity contribution in [3.05, 3.63) is 62.6 Å². The SMILES string of the molecule is CCCCn1c(N)c(N(CC)C(=O)C=Cc2ccc(F)cc2)c(=O)[nH]c1=O. The molecule has 3 N–H and O–H groups in total. The van der Waals surface area contributed by atoms with Crippen LogP contribution in [0.25, 0.3) is 6.08 Å². The van der Waals surface area contributed by atoms with Gasteiger partial charge in [-0.1, -0.05) is 25.5 Å². The number of halogens is 1. The average Bonchev–Trinajstić information content (AvgIpc) is 2.64. The Morgan fingerprint density at radius 2 is 1.93 bits per heavy atom. The van der Waals surface area contributed by atoms with Gasteiger partial charge in [0.2, 0.25) is 0 Å². The lowest BCUT2D eigenvalue weighted by atomic mass is 10.2. The zero-order valence-corrected chi connectivity index (χ0v) is 15.4. The lowest BCUT2D eigenvalue weighted by molar-refractivity contribution is -0.114. The number of carbonyl (C=O) groups is 1. The first-order valence-corrected chi connectivity index (χ1v) is 8.76. The molecule has 0 saturated carbocycles. The van der Waals surface area contributed by atoms with Crippen molar-refractivity contribution >= 4 is 23.5 Å². The van der Waals surface area contributed by atoms with Crippen LogP contribution in [0.15, 0.2) is 39.9 Å². The summed E-state index contributed by atoms with van der Waals surface area (Å²) in [6, 6.07) is 5.63. The summed E-state index contributed by atoms with van der Waals surface area (Å²) in [5.74, 6) is -0.885. The second-order valence-corrected chi connectivity index (χ2v) is 5.97. The maximum absolute atomic E-state index is 13.0. The zero-order valence-electron chi connectivity index (χ0n) is 15.4. The Morgan fingerprint density at radius 3 is 2.52 bits per heavy atom. The van der Waals surface area contributed by atoms with Crippen LogP contribution in [0.1, 0.15) is 32.3 Å². The Balaban J connectivity index is 2.38. The summed E-state index contributed by atoms with van der Waals surface area (Å²) in [7, 11) is 0. The molecular formula is C19H23FN4O3. The Bertz CT molecular complexity index is 945. The number of amides is 1. The minimum atomic E-state index is -0.712. The van der Waals surface area contributed by atoms with Crippen molar-refractivity contribution < 1.29 is 9.18 Å². The van der Waals surface area contributed by atoms with E-state index in [-0.39, 0.29) is 23.9 Å². The van der Waals surface area contributed by atoms with E-state index in [1.807, 2.05) is 6.92 Å². The molecule has 1 heterocycles. The van der Waals surface area contributed by atoms with Crippen molar-refractivity contribution in [3.63, 3.8) is 0 Å². The number of hydrogen-bond donors (Lipinski definition) is 2. The summed E-state index contributed by atoms with van der Waals surface area (Å²) in [6.07, 6.45) is 4.34. The van der Waals surface area contributed by atoms with E-state index in [0.29, 0.717) is 18.5 Å². The molecule has 0 fully saturated rings. The van der Waals surface area contributed by atoms with Crippen LogP contribution in [0.2, 0.25) is 0 Å². The van der Waals surface area contributed by atoms with Gasteiger partial charge in [0.05, 0.1) is 0 Å². The predicted octanol–water partition coefficient (Wildman–Crippen LogP) is 2.12. The highest BCUT2D eigenvalue weighted by atomic mass is 19.1. The minimum absolute atomic E-state index is 0.0393. The molecule has 0 radical (unpaired) electrons. The Morgan fingerprint density at radius 1 is 1.26 bits per heavy atom. The first kappa shape index (κ1) is 20.2. The number of likely N-dealkylation sites (N-methyl/N-ethyl adjacent to an activating group) is 1. The molecule has 0 aliphatic rings. The molecule has 0 bridgehead atoms. The molecule has 0 aliphatic carbocycles. The van der Waals surface area contributed by atoms with Gasteiger partial charge in [-0.25, -0.2) is 9.18 Å². The highest BCUT2D eigenvalue weighted by Crippen LogP contribution is 2.17. The van der Waals surface area contributed by atoms with Crippen molar-refractivity contribution in [1.82, 2.24) is 9.55 Å². The zero-order chi connectivity index (χ0) is 20.0. The molecule has 8 heteroatoms. The number of anilines is 2. The number of aromatic nitrogens is 2. The lowest BCUT2D eigenvalue weighted by Crippen LogP contribution is -2.40. The quantitative estimate of drug-likeness (QED) is 0.725. The third-order valence-electron chi connectivity index (χ3n) is 4.09. The van der Waals surface area contributed by atoms with Gasteiger partial charge in [-0.15, -0.1) is 0 Å². The average molecular weight is 374 g/mol. The molecular weight excluding hydrogens is 351 g/mol. The van der Waals surface area contributed by atoms with E-state index in [0.717, 1.165) is 6.42 Å². The van der Waals surface area contributed by atoms with Crippen LogP contribution in [-0.4, -0.2) is 22.0 Å². The summed E-state index contributed by atoms with van der Waals surface area (Å²) in [4.78, 5) is 40.3. The van der Waals surface area contributed by atoms with E-state index in [2.05, 4.69) is 4.98 Å². The van der Waals surface area contributed by atoms with Gasteiger partial charge in [-0.05, 0) is 37.1 Å². The van der Waals surface area contributed by atoms with Crippen molar-refractivity contribution in [1.29, 1.82) is 0 Å². The van der Waals surface area contributed by atoms with E-state index in [1.165, 1.54) is 45.9 Å². The van der Waals surface area contributed by atoms with Crippen LogP contribution in [0.3, 0.4) is 0 Å². The molecule has 1 aromatic carbocycles. The van der Waals surface area contributed by atoms with Gasteiger partial charge in [0.15, 0.2) is 5.69 Å². The number of nitrogen functional groups attached to an aromatic ring is 1. The lowest BCUT2D eigenvalue weighted by Gasteiger charge is -2.21. The highest BCUT2D eigenvalue weighted by Gasteiger charge is 2.21. The summed E-state index contributed by atoms with van der Waals surface area (Å²) < 4.78 is 14.2. The van der Waals surface area contributed by atoms with Gasteiger partial charge in [0, 0.05) is 19.2 Å². The molecule has 0 aliphatic heterocycles. The fourth-order valence-electron chi connectivity index (χ4n) is 2.63. The van der Waals surface area contributed by atoms with Crippen molar-refractivity contribution in [2.45, 2.75) is 33.2 Å². The second-order valence-electron chi connectivity index (χ2n) is 5.97. The molecule has 1 aromatic heterocycles. The summed E-state index contributed by atoms with van der Waals surface area (Å²) >= 11 is 0. The third kappa shape index (κ3) is 4.72. The standard InChI is InChI=1S/C19H23FN4O3/c1-3-5-12-24-17(21)16(18(26)22-19(24)27)23(4-2)15(25)11-8-13-6-9-14(20)10-7-13/h6-11H,3-5,12,21H2,1-2H3,(H,22,26,27). The van der Waals surface area contributed by atoms with E-state index >= 15 is 0 Å². The van der Waals surface area contributed by atoms with Gasteiger partial charge < -0.3 is 10.6 Å². The number of benzene rings is 1. The monoisotopic (exact) mass is 374 g/mol. The van der Waals surface area contributed by atoms with Crippen LogP contribution in [0, 0.1) is 5.82 Å². The van der Waals surface area contributed by atoms with Crippen LogP contribution in [0.5, 0.6) is 0 Å². The van der Waals surface area contributed by atoms with Crippen LogP contribution < -0.4 is 21.9 Å². The minimum Gasteiger partial charge on any atom is -0.383 e. The molecule has 27 heavy (non-hydrogen) atoms. The molecule has 2 aromatic rings.